The molecule has 0 radical (unpaired) electrons. The van der Waals surface area contributed by atoms with E-state index in [-0.39, 0.29) is 19.3 Å². The highest BCUT2D eigenvalue weighted by molar-refractivity contribution is 6.02. The lowest BCUT2D eigenvalue weighted by molar-refractivity contribution is -0.171. The summed E-state index contributed by atoms with van der Waals surface area (Å²) in [5.41, 5.74) is -1.68. The molecule has 0 spiro atoms. The van der Waals surface area contributed by atoms with Gasteiger partial charge in [-0.25, -0.2) is 9.59 Å². The smallest absolute Gasteiger partial charge is 0.340 e. The Morgan fingerprint density at radius 1 is 0.875 bits per heavy atom. The van der Waals surface area contributed by atoms with Gasteiger partial charge in [-0.15, -0.1) is 0 Å². The summed E-state index contributed by atoms with van der Waals surface area (Å²) < 4.78 is 10.3. The molecule has 0 saturated heterocycles. The molecule has 1 amide bonds. The molecule has 0 aliphatic heterocycles. The minimum atomic E-state index is -1.60. The Morgan fingerprint density at radius 2 is 1.29 bits per heavy atom. The first kappa shape index (κ1) is 21.9. The number of nitrogens with one attached hydrogen (secondary N) is 1. The van der Waals surface area contributed by atoms with Gasteiger partial charge in [-0.1, -0.05) is 0 Å². The predicted octanol–water partition coefficient (Wildman–Crippen LogP) is 1.41. The maximum absolute atomic E-state index is 12.2. The van der Waals surface area contributed by atoms with Crippen molar-refractivity contribution in [3.05, 3.63) is 0 Å². The second-order valence-corrected chi connectivity index (χ2v) is 7.31. The van der Waals surface area contributed by atoms with Crippen LogP contribution in [0.3, 0.4) is 0 Å². The highest BCUT2D eigenvalue weighted by atomic mass is 16.6. The van der Waals surface area contributed by atoms with Crippen LogP contribution in [0.4, 0.5) is 0 Å². The first-order chi connectivity index (χ1) is 10.7. The van der Waals surface area contributed by atoms with E-state index in [1.807, 2.05) is 0 Å². The number of amides is 1. The van der Waals surface area contributed by atoms with Crippen LogP contribution in [0, 0.1) is 0 Å². The number of esters is 2. The molecule has 0 unspecified atom stereocenters. The van der Waals surface area contributed by atoms with Gasteiger partial charge >= 0.3 is 17.9 Å². The van der Waals surface area contributed by atoms with Crippen LogP contribution in [0.25, 0.3) is 0 Å². The fourth-order valence-electron chi connectivity index (χ4n) is 1.57. The molecule has 0 rings (SSSR count). The molecule has 0 aromatic carbocycles. The number of hydrogen-bond donors (Lipinski definition) is 2. The molecular formula is C16H27NO7. The third-order valence-electron chi connectivity index (χ3n) is 2.38. The van der Waals surface area contributed by atoms with Crippen molar-refractivity contribution in [1.82, 2.24) is 5.32 Å². The normalized spacial score (nSPS) is 11.8. The second-order valence-electron chi connectivity index (χ2n) is 7.31. The summed E-state index contributed by atoms with van der Waals surface area (Å²) >= 11 is 0. The van der Waals surface area contributed by atoms with Crippen LogP contribution in [0.5, 0.6) is 0 Å². The SMILES string of the molecule is CC(C)(C)OC(=O)C(NC(=O)CCCC(=O)O)C(=O)OC(C)(C)C. The number of ether oxygens (including phenoxy) is 2. The first-order valence-corrected chi connectivity index (χ1v) is 7.68. The van der Waals surface area contributed by atoms with Crippen molar-refractivity contribution >= 4 is 23.8 Å². The second kappa shape index (κ2) is 8.65. The molecule has 0 aliphatic rings. The largest absolute Gasteiger partial charge is 0.481 e. The average molecular weight is 345 g/mol. The highest BCUT2D eigenvalue weighted by Crippen LogP contribution is 2.13. The molecule has 0 heterocycles. The monoisotopic (exact) mass is 345 g/mol. The van der Waals surface area contributed by atoms with Gasteiger partial charge in [0, 0.05) is 12.8 Å². The lowest BCUT2D eigenvalue weighted by Crippen LogP contribution is -2.51. The van der Waals surface area contributed by atoms with E-state index in [2.05, 4.69) is 5.32 Å². The topological polar surface area (TPSA) is 119 Å². The molecule has 8 heteroatoms. The van der Waals surface area contributed by atoms with Crippen LogP contribution in [-0.4, -0.2) is 46.2 Å². The van der Waals surface area contributed by atoms with Crippen LogP contribution in [-0.2, 0) is 28.7 Å². The van der Waals surface area contributed by atoms with Gasteiger partial charge in [-0.3, -0.25) is 9.59 Å². The number of carbonyl (C=O) groups is 4. The maximum Gasteiger partial charge on any atom is 0.340 e. The van der Waals surface area contributed by atoms with Crippen molar-refractivity contribution in [2.75, 3.05) is 0 Å². The summed E-state index contributed by atoms with van der Waals surface area (Å²) in [5.74, 6) is -3.51. The standard InChI is InChI=1S/C16H27NO7/c1-15(2,3)23-13(21)12(14(22)24-16(4,5)6)17-10(18)8-7-9-11(19)20/h12H,7-9H2,1-6H3,(H,17,18)(H,19,20). The van der Waals surface area contributed by atoms with Gasteiger partial charge in [0.2, 0.25) is 11.9 Å². The van der Waals surface area contributed by atoms with Gasteiger partial charge in [0.1, 0.15) is 11.2 Å². The summed E-state index contributed by atoms with van der Waals surface area (Å²) in [6, 6.07) is -1.60. The van der Waals surface area contributed by atoms with Crippen LogP contribution < -0.4 is 5.32 Å². The van der Waals surface area contributed by atoms with Crippen molar-refractivity contribution in [2.24, 2.45) is 0 Å². The Labute approximate surface area is 141 Å². The van der Waals surface area contributed by atoms with Gasteiger partial charge in [0.15, 0.2) is 0 Å². The minimum Gasteiger partial charge on any atom is -0.481 e. The number of carboxylic acids is 1. The Balaban J connectivity index is 4.98. The Morgan fingerprint density at radius 3 is 1.62 bits per heavy atom. The number of carboxylic acid groups (broad SMARTS) is 1. The van der Waals surface area contributed by atoms with E-state index in [4.69, 9.17) is 14.6 Å². The van der Waals surface area contributed by atoms with Crippen molar-refractivity contribution in [2.45, 2.75) is 78.0 Å². The van der Waals surface area contributed by atoms with Crippen molar-refractivity contribution < 1.29 is 33.8 Å². The summed E-state index contributed by atoms with van der Waals surface area (Å²) in [5, 5.41) is 10.8. The molecule has 0 aromatic rings. The van der Waals surface area contributed by atoms with E-state index in [9.17, 15) is 19.2 Å². The van der Waals surface area contributed by atoms with Gasteiger partial charge in [-0.05, 0) is 48.0 Å². The Kier molecular flexibility index (Phi) is 7.89. The van der Waals surface area contributed by atoms with E-state index in [1.165, 1.54) is 0 Å². The zero-order valence-corrected chi connectivity index (χ0v) is 15.1. The highest BCUT2D eigenvalue weighted by Gasteiger charge is 2.36. The molecule has 0 atom stereocenters. The van der Waals surface area contributed by atoms with E-state index in [1.54, 1.807) is 41.5 Å². The number of rotatable bonds is 7. The average Bonchev–Trinajstić information content (AvgIpc) is 2.30. The summed E-state index contributed by atoms with van der Waals surface area (Å²) in [4.78, 5) is 46.7. The zero-order chi connectivity index (χ0) is 19.1. The van der Waals surface area contributed by atoms with Crippen molar-refractivity contribution in [3.63, 3.8) is 0 Å². The van der Waals surface area contributed by atoms with Crippen LogP contribution in [0.2, 0.25) is 0 Å². The van der Waals surface area contributed by atoms with Crippen LogP contribution >= 0.6 is 0 Å². The molecule has 8 nitrogen and oxygen atoms in total. The van der Waals surface area contributed by atoms with Gasteiger partial charge < -0.3 is 19.9 Å². The lowest BCUT2D eigenvalue weighted by atomic mass is 10.1. The number of hydrogen-bond acceptors (Lipinski definition) is 6. The van der Waals surface area contributed by atoms with E-state index in [0.29, 0.717) is 0 Å². The molecule has 2 N–H and O–H groups in total. The first-order valence-electron chi connectivity index (χ1n) is 7.68. The molecule has 0 saturated carbocycles. The van der Waals surface area contributed by atoms with E-state index in [0.717, 1.165) is 0 Å². The molecular weight excluding hydrogens is 318 g/mol. The summed E-state index contributed by atoms with van der Waals surface area (Å²) in [6.45, 7) is 9.78. The fraction of sp³-hybridized carbons (Fsp3) is 0.750. The molecule has 24 heavy (non-hydrogen) atoms. The number of carbonyl (C=O) groups excluding carboxylic acids is 3. The van der Waals surface area contributed by atoms with Gasteiger partial charge in [0.05, 0.1) is 0 Å². The zero-order valence-electron chi connectivity index (χ0n) is 15.1. The molecule has 0 aliphatic carbocycles. The van der Waals surface area contributed by atoms with Crippen molar-refractivity contribution in [3.8, 4) is 0 Å². The minimum absolute atomic E-state index is 0.0938. The van der Waals surface area contributed by atoms with E-state index >= 15 is 0 Å². The third-order valence-corrected chi connectivity index (χ3v) is 2.38. The summed E-state index contributed by atoms with van der Waals surface area (Å²) in [7, 11) is 0. The quantitative estimate of drug-likeness (QED) is 0.529. The number of aliphatic carboxylic acids is 1. The molecule has 138 valence electrons. The van der Waals surface area contributed by atoms with Crippen LogP contribution in [0.15, 0.2) is 0 Å². The van der Waals surface area contributed by atoms with Gasteiger partial charge in [0.25, 0.3) is 0 Å². The fourth-order valence-corrected chi connectivity index (χ4v) is 1.57. The Bertz CT molecular complexity index is 458. The van der Waals surface area contributed by atoms with Crippen molar-refractivity contribution in [1.29, 1.82) is 0 Å². The maximum atomic E-state index is 12.2. The van der Waals surface area contributed by atoms with Gasteiger partial charge in [-0.2, -0.15) is 0 Å². The third kappa shape index (κ3) is 10.6. The Hall–Kier alpha value is -2.12. The summed E-state index contributed by atoms with van der Waals surface area (Å²) in [6.07, 6.45) is -0.220. The molecule has 0 fully saturated rings. The van der Waals surface area contributed by atoms with E-state index < -0.39 is 41.1 Å². The molecule has 0 bridgehead atoms. The predicted molar refractivity (Wildman–Crippen MR) is 85.1 cm³/mol. The lowest BCUT2D eigenvalue weighted by Gasteiger charge is -2.26. The van der Waals surface area contributed by atoms with Crippen LogP contribution in [0.1, 0.15) is 60.8 Å². The molecule has 0 aromatic heterocycles.